The molecule has 1 amide bonds. The quantitative estimate of drug-likeness (QED) is 0.291. The average Bonchev–Trinajstić information content (AvgIpc) is 2.75. The molecule has 8 heteroatoms. The highest BCUT2D eigenvalue weighted by atomic mass is 32.2. The molecule has 2 unspecified atom stereocenters. The number of hydrogen-bond acceptors (Lipinski definition) is 5. The van der Waals surface area contributed by atoms with E-state index < -0.39 is 27.9 Å². The minimum absolute atomic E-state index is 0.0601. The topological polar surface area (TPSA) is 99.1 Å². The normalized spacial score (nSPS) is 19.4. The molecule has 2 rings (SSSR count). The lowest BCUT2D eigenvalue weighted by molar-refractivity contribution is -0.134. The minimum atomic E-state index is -3.79. The standard InChI is InChI=1S/C22H35N3O4S/c1-3-4-5-6-7-8-9-13-16-30(28,29)25-21(22(26)24-27)20(17-18(2)23-25)19-14-11-10-12-15-19/h10-12,14-15,20-21,27H,3-9,13,16-17H2,1-2H3,(H,24,26). The van der Waals surface area contributed by atoms with Gasteiger partial charge in [-0.2, -0.15) is 9.52 Å². The molecule has 168 valence electrons. The van der Waals surface area contributed by atoms with Crippen LogP contribution in [0.1, 0.15) is 83.1 Å². The Morgan fingerprint density at radius 2 is 1.70 bits per heavy atom. The van der Waals surface area contributed by atoms with Gasteiger partial charge in [-0.05, 0) is 25.3 Å². The molecule has 30 heavy (non-hydrogen) atoms. The van der Waals surface area contributed by atoms with E-state index in [-0.39, 0.29) is 5.75 Å². The second kappa shape index (κ2) is 12.1. The summed E-state index contributed by atoms with van der Waals surface area (Å²) in [6, 6.07) is 8.19. The Kier molecular flexibility index (Phi) is 9.78. The summed E-state index contributed by atoms with van der Waals surface area (Å²) in [6.07, 6.45) is 8.82. The SMILES string of the molecule is CCCCCCCCCCS(=O)(=O)N1N=C(C)CC(c2ccccc2)C1C(=O)NO. The second-order valence-corrected chi connectivity index (χ2v) is 9.99. The van der Waals surface area contributed by atoms with Crippen molar-refractivity contribution in [2.45, 2.75) is 83.6 Å². The van der Waals surface area contributed by atoms with Gasteiger partial charge in [0.1, 0.15) is 0 Å². The number of hydroxylamine groups is 1. The number of hydrazone groups is 1. The molecule has 7 nitrogen and oxygen atoms in total. The Balaban J connectivity index is 2.08. The molecule has 1 aromatic carbocycles. The number of hydrogen-bond donors (Lipinski definition) is 2. The van der Waals surface area contributed by atoms with Crippen LogP contribution in [0.5, 0.6) is 0 Å². The monoisotopic (exact) mass is 437 g/mol. The first kappa shape index (κ1) is 24.3. The van der Waals surface area contributed by atoms with Crippen LogP contribution in [-0.4, -0.2) is 41.5 Å². The highest BCUT2D eigenvalue weighted by Gasteiger charge is 2.43. The lowest BCUT2D eigenvalue weighted by Gasteiger charge is -2.37. The molecule has 0 fully saturated rings. The van der Waals surface area contributed by atoms with E-state index in [0.717, 1.165) is 29.2 Å². The molecule has 0 spiro atoms. The van der Waals surface area contributed by atoms with Gasteiger partial charge in [0.05, 0.1) is 5.75 Å². The second-order valence-electron chi connectivity index (χ2n) is 8.04. The fourth-order valence-corrected chi connectivity index (χ4v) is 5.56. The van der Waals surface area contributed by atoms with Gasteiger partial charge in [-0.25, -0.2) is 13.9 Å². The smallest absolute Gasteiger partial charge is 0.269 e. The number of benzene rings is 1. The number of carbonyl (C=O) groups is 1. The highest BCUT2D eigenvalue weighted by molar-refractivity contribution is 7.89. The van der Waals surface area contributed by atoms with Crippen molar-refractivity contribution < 1.29 is 18.4 Å². The summed E-state index contributed by atoms with van der Waals surface area (Å²) in [6.45, 7) is 3.95. The molecule has 1 aliphatic heterocycles. The van der Waals surface area contributed by atoms with E-state index in [1.807, 2.05) is 30.3 Å². The third kappa shape index (κ3) is 6.80. The van der Waals surface area contributed by atoms with Crippen molar-refractivity contribution in [3.8, 4) is 0 Å². The van der Waals surface area contributed by atoms with Gasteiger partial charge in [0.15, 0.2) is 6.04 Å². The van der Waals surface area contributed by atoms with Crippen molar-refractivity contribution in [2.24, 2.45) is 5.10 Å². The molecular formula is C22H35N3O4S. The Morgan fingerprint density at radius 1 is 1.10 bits per heavy atom. The van der Waals surface area contributed by atoms with Gasteiger partial charge in [-0.15, -0.1) is 0 Å². The van der Waals surface area contributed by atoms with Gasteiger partial charge in [-0.1, -0.05) is 82.2 Å². The van der Waals surface area contributed by atoms with Gasteiger partial charge in [0.2, 0.25) is 0 Å². The number of carbonyl (C=O) groups excluding carboxylic acids is 1. The Morgan fingerprint density at radius 3 is 2.30 bits per heavy atom. The van der Waals surface area contributed by atoms with Crippen LogP contribution >= 0.6 is 0 Å². The van der Waals surface area contributed by atoms with Crippen molar-refractivity contribution in [2.75, 3.05) is 5.75 Å². The van der Waals surface area contributed by atoms with Crippen LogP contribution in [0.25, 0.3) is 0 Å². The van der Waals surface area contributed by atoms with Crippen LogP contribution < -0.4 is 5.48 Å². The summed E-state index contributed by atoms with van der Waals surface area (Å²) in [7, 11) is -3.79. The van der Waals surface area contributed by atoms with E-state index in [1.54, 1.807) is 12.4 Å². The number of nitrogens with zero attached hydrogens (tertiary/aromatic N) is 2. The van der Waals surface area contributed by atoms with E-state index in [9.17, 15) is 18.4 Å². The van der Waals surface area contributed by atoms with E-state index in [1.165, 1.54) is 25.7 Å². The maximum absolute atomic E-state index is 13.1. The molecule has 2 N–H and O–H groups in total. The fourth-order valence-electron chi connectivity index (χ4n) is 3.95. The largest absolute Gasteiger partial charge is 0.289 e. The molecule has 0 saturated heterocycles. The minimum Gasteiger partial charge on any atom is -0.289 e. The molecule has 1 heterocycles. The zero-order chi connectivity index (χ0) is 22.0. The van der Waals surface area contributed by atoms with Gasteiger partial charge in [-0.3, -0.25) is 10.0 Å². The first-order valence-corrected chi connectivity index (χ1v) is 12.6. The first-order valence-electron chi connectivity index (χ1n) is 11.0. The summed E-state index contributed by atoms with van der Waals surface area (Å²) in [5.74, 6) is -1.24. The van der Waals surface area contributed by atoms with Crippen molar-refractivity contribution in [3.05, 3.63) is 35.9 Å². The maximum Gasteiger partial charge on any atom is 0.269 e. The van der Waals surface area contributed by atoms with E-state index in [2.05, 4.69) is 12.0 Å². The predicted octanol–water partition coefficient (Wildman–Crippen LogP) is 4.20. The van der Waals surface area contributed by atoms with Crippen molar-refractivity contribution in [1.29, 1.82) is 0 Å². The van der Waals surface area contributed by atoms with Crippen LogP contribution in [0.4, 0.5) is 0 Å². The third-order valence-corrected chi connectivity index (χ3v) is 7.23. The summed E-state index contributed by atoms with van der Waals surface area (Å²) in [5.41, 5.74) is 3.12. The summed E-state index contributed by atoms with van der Waals surface area (Å²) >= 11 is 0. The number of amides is 1. The Labute approximate surface area is 180 Å². The van der Waals surface area contributed by atoms with Crippen molar-refractivity contribution >= 4 is 21.6 Å². The molecule has 1 aliphatic rings. The van der Waals surface area contributed by atoms with Gasteiger partial charge in [0.25, 0.3) is 15.9 Å². The van der Waals surface area contributed by atoms with Crippen molar-refractivity contribution in [3.63, 3.8) is 0 Å². The molecule has 2 atom stereocenters. The molecule has 0 aromatic heterocycles. The lowest BCUT2D eigenvalue weighted by Crippen LogP contribution is -2.52. The Hall–Kier alpha value is -1.93. The van der Waals surface area contributed by atoms with Crippen LogP contribution in [-0.2, 0) is 14.8 Å². The van der Waals surface area contributed by atoms with Crippen LogP contribution in [0.2, 0.25) is 0 Å². The fraction of sp³-hybridized carbons (Fsp3) is 0.636. The van der Waals surface area contributed by atoms with E-state index in [4.69, 9.17) is 0 Å². The Bertz CT molecular complexity index is 796. The maximum atomic E-state index is 13.1. The molecule has 1 aromatic rings. The molecule has 0 aliphatic carbocycles. The highest BCUT2D eigenvalue weighted by Crippen LogP contribution is 2.33. The van der Waals surface area contributed by atoms with E-state index >= 15 is 0 Å². The predicted molar refractivity (Wildman–Crippen MR) is 119 cm³/mol. The zero-order valence-electron chi connectivity index (χ0n) is 18.1. The van der Waals surface area contributed by atoms with Gasteiger partial charge in [0, 0.05) is 11.6 Å². The third-order valence-electron chi connectivity index (χ3n) is 5.55. The molecule has 0 radical (unpaired) electrons. The number of unbranched alkanes of at least 4 members (excludes halogenated alkanes) is 7. The number of sulfonamides is 1. The molecule has 0 saturated carbocycles. The van der Waals surface area contributed by atoms with Gasteiger partial charge >= 0.3 is 0 Å². The molecule has 0 bridgehead atoms. The lowest BCUT2D eigenvalue weighted by atomic mass is 9.86. The average molecular weight is 438 g/mol. The molecular weight excluding hydrogens is 402 g/mol. The summed E-state index contributed by atoms with van der Waals surface area (Å²) < 4.78 is 27.1. The van der Waals surface area contributed by atoms with Gasteiger partial charge < -0.3 is 0 Å². The number of nitrogens with one attached hydrogen (secondary N) is 1. The van der Waals surface area contributed by atoms with Crippen molar-refractivity contribution in [1.82, 2.24) is 9.89 Å². The number of rotatable bonds is 12. The van der Waals surface area contributed by atoms with Crippen LogP contribution in [0, 0.1) is 0 Å². The summed E-state index contributed by atoms with van der Waals surface area (Å²) in [5, 5.41) is 13.5. The van der Waals surface area contributed by atoms with E-state index in [0.29, 0.717) is 18.6 Å². The summed E-state index contributed by atoms with van der Waals surface area (Å²) in [4.78, 5) is 12.5. The zero-order valence-corrected chi connectivity index (χ0v) is 18.9. The van der Waals surface area contributed by atoms with Crippen LogP contribution in [0.15, 0.2) is 35.4 Å². The first-order chi connectivity index (χ1) is 14.4. The van der Waals surface area contributed by atoms with Crippen LogP contribution in [0.3, 0.4) is 0 Å².